The zero-order chi connectivity index (χ0) is 18.9. The Morgan fingerprint density at radius 3 is 2.65 bits per heavy atom. The molecule has 0 unspecified atom stereocenters. The van der Waals surface area contributed by atoms with E-state index in [4.69, 9.17) is 33.0 Å². The van der Waals surface area contributed by atoms with Gasteiger partial charge >= 0.3 is 0 Å². The van der Waals surface area contributed by atoms with E-state index in [1.807, 2.05) is 24.3 Å². The van der Waals surface area contributed by atoms with Gasteiger partial charge in [0.1, 0.15) is 6.10 Å². The van der Waals surface area contributed by atoms with Crippen molar-refractivity contribution in [1.29, 1.82) is 0 Å². The van der Waals surface area contributed by atoms with Gasteiger partial charge in [-0.05, 0) is 23.8 Å². The second-order valence-electron chi connectivity index (χ2n) is 6.27. The summed E-state index contributed by atoms with van der Waals surface area (Å²) < 4.78 is 5.95. The van der Waals surface area contributed by atoms with Gasteiger partial charge in [-0.25, -0.2) is 0 Å². The van der Waals surface area contributed by atoms with E-state index < -0.39 is 18.3 Å². The molecule has 2 aromatic carbocycles. The maximum absolute atomic E-state index is 13.2. The number of benzene rings is 2. The van der Waals surface area contributed by atoms with Crippen LogP contribution in [0.25, 0.3) is 0 Å². The van der Waals surface area contributed by atoms with Crippen LogP contribution < -0.4 is 4.90 Å². The fourth-order valence-corrected chi connectivity index (χ4v) is 3.66. The lowest BCUT2D eigenvalue weighted by Crippen LogP contribution is -2.44. The van der Waals surface area contributed by atoms with Crippen LogP contribution in [0, 0.1) is 0 Å². The van der Waals surface area contributed by atoms with Gasteiger partial charge in [-0.2, -0.15) is 0 Å². The fraction of sp³-hybridized carbons (Fsp3) is 0.316. The molecule has 3 rings (SSSR count). The summed E-state index contributed by atoms with van der Waals surface area (Å²) in [6, 6.07) is 12.4. The smallest absolute Gasteiger partial charge is 0.264 e. The minimum absolute atomic E-state index is 0.182. The monoisotopic (exact) mass is 395 g/mol. The molecule has 1 heterocycles. The molecule has 0 saturated heterocycles. The van der Waals surface area contributed by atoms with E-state index >= 15 is 0 Å². The van der Waals surface area contributed by atoms with Crippen LogP contribution in [0.4, 0.5) is 5.69 Å². The van der Waals surface area contributed by atoms with Crippen molar-refractivity contribution in [1.82, 2.24) is 0 Å². The van der Waals surface area contributed by atoms with Gasteiger partial charge < -0.3 is 19.8 Å². The summed E-state index contributed by atoms with van der Waals surface area (Å²) >= 11 is 12.3. The van der Waals surface area contributed by atoms with Crippen LogP contribution in [-0.4, -0.2) is 42.5 Å². The molecule has 26 heavy (non-hydrogen) atoms. The predicted molar refractivity (Wildman–Crippen MR) is 101 cm³/mol. The van der Waals surface area contributed by atoms with E-state index in [-0.39, 0.29) is 18.9 Å². The van der Waals surface area contributed by atoms with Crippen LogP contribution in [0.15, 0.2) is 42.5 Å². The largest absolute Gasteiger partial charge is 0.394 e. The lowest BCUT2D eigenvalue weighted by atomic mass is 9.88. The third kappa shape index (κ3) is 3.33. The molecular weight excluding hydrogens is 377 g/mol. The molecule has 1 aliphatic rings. The van der Waals surface area contributed by atoms with Crippen molar-refractivity contribution in [3.8, 4) is 0 Å². The van der Waals surface area contributed by atoms with E-state index in [0.29, 0.717) is 21.2 Å². The average Bonchev–Trinajstić information content (AvgIpc) is 2.85. The summed E-state index contributed by atoms with van der Waals surface area (Å²) in [5.74, 6) is -0.255. The molecule has 0 aliphatic carbocycles. The number of para-hydroxylation sites is 1. The zero-order valence-corrected chi connectivity index (χ0v) is 15.7. The van der Waals surface area contributed by atoms with Gasteiger partial charge in [-0.3, -0.25) is 4.79 Å². The van der Waals surface area contributed by atoms with Gasteiger partial charge in [0.05, 0.1) is 18.9 Å². The maximum Gasteiger partial charge on any atom is 0.264 e. The molecule has 7 heteroatoms. The number of halogens is 2. The van der Waals surface area contributed by atoms with E-state index in [2.05, 4.69) is 0 Å². The first-order valence-corrected chi connectivity index (χ1v) is 8.89. The molecule has 138 valence electrons. The van der Waals surface area contributed by atoms with Crippen molar-refractivity contribution in [2.75, 3.05) is 25.2 Å². The summed E-state index contributed by atoms with van der Waals surface area (Å²) in [6.45, 7) is -0.640. The van der Waals surface area contributed by atoms with Crippen LogP contribution in [0.3, 0.4) is 0 Å². The average molecular weight is 396 g/mol. The van der Waals surface area contributed by atoms with Crippen molar-refractivity contribution < 1.29 is 19.7 Å². The molecule has 2 aromatic rings. The number of nitrogens with zero attached hydrogens (tertiary/aromatic N) is 1. The molecular formula is C19H19Cl2NO4. The number of hydrogen-bond acceptors (Lipinski definition) is 4. The van der Waals surface area contributed by atoms with Gasteiger partial charge in [0.25, 0.3) is 5.91 Å². The predicted octanol–water partition coefficient (Wildman–Crippen LogP) is 2.78. The Labute approximate surface area is 161 Å². The van der Waals surface area contributed by atoms with Gasteiger partial charge in [-0.15, -0.1) is 0 Å². The maximum atomic E-state index is 13.2. The van der Waals surface area contributed by atoms with Crippen LogP contribution in [0.1, 0.15) is 11.1 Å². The Morgan fingerprint density at radius 2 is 1.96 bits per heavy atom. The van der Waals surface area contributed by atoms with Gasteiger partial charge in [0.15, 0.2) is 5.60 Å². The van der Waals surface area contributed by atoms with E-state index in [9.17, 15) is 9.90 Å². The molecule has 2 N–H and O–H groups in total. The van der Waals surface area contributed by atoms with E-state index in [1.54, 1.807) is 25.2 Å². The third-order valence-corrected chi connectivity index (χ3v) is 5.12. The summed E-state index contributed by atoms with van der Waals surface area (Å²) in [5, 5.41) is 19.8. The van der Waals surface area contributed by atoms with Crippen molar-refractivity contribution in [2.45, 2.75) is 18.1 Å². The molecule has 0 spiro atoms. The standard InChI is InChI=1S/C19H19Cl2NO4/c1-22-17-5-3-2-4-15(17)19(18(22)25,26-11-14(24)10-23)9-12-6-7-13(20)8-16(12)21/h2-8,14,23-24H,9-11H2,1H3/t14-,19-/m1/s1. The first kappa shape index (κ1) is 19.1. The SMILES string of the molecule is CN1C(=O)[C@](Cc2ccc(Cl)cc2Cl)(OC[C@H](O)CO)c2ccccc21. The molecule has 5 nitrogen and oxygen atoms in total. The number of aliphatic hydroxyl groups excluding tert-OH is 2. The second-order valence-corrected chi connectivity index (χ2v) is 7.11. The number of carbonyl (C=O) groups excluding carboxylic acids is 1. The first-order chi connectivity index (χ1) is 12.4. The lowest BCUT2D eigenvalue weighted by molar-refractivity contribution is -0.149. The number of carbonyl (C=O) groups is 1. The van der Waals surface area contributed by atoms with Crippen LogP contribution in [0.5, 0.6) is 0 Å². The highest BCUT2D eigenvalue weighted by atomic mass is 35.5. The number of hydrogen-bond donors (Lipinski definition) is 2. The Bertz CT molecular complexity index is 829. The number of ether oxygens (including phenoxy) is 1. The van der Waals surface area contributed by atoms with Crippen molar-refractivity contribution in [2.24, 2.45) is 0 Å². The Kier molecular flexibility index (Phi) is 5.55. The van der Waals surface area contributed by atoms with Crippen LogP contribution >= 0.6 is 23.2 Å². The number of rotatable bonds is 6. The third-order valence-electron chi connectivity index (χ3n) is 4.54. The minimum atomic E-state index is -1.33. The minimum Gasteiger partial charge on any atom is -0.394 e. The summed E-state index contributed by atoms with van der Waals surface area (Å²) in [7, 11) is 1.68. The molecule has 1 aliphatic heterocycles. The van der Waals surface area contributed by atoms with Crippen molar-refractivity contribution in [3.63, 3.8) is 0 Å². The normalized spacial score (nSPS) is 20.3. The van der Waals surface area contributed by atoms with E-state index in [1.165, 1.54) is 4.90 Å². The summed E-state index contributed by atoms with van der Waals surface area (Å²) in [5.41, 5.74) is 0.802. The molecule has 1 amide bonds. The summed E-state index contributed by atoms with van der Waals surface area (Å²) in [6.07, 6.45) is -0.903. The number of aliphatic hydroxyl groups is 2. The number of likely N-dealkylation sites (N-methyl/N-ethyl adjacent to an activating group) is 1. The van der Waals surface area contributed by atoms with Gasteiger partial charge in [0.2, 0.25) is 0 Å². The van der Waals surface area contributed by atoms with Gasteiger partial charge in [0, 0.05) is 29.1 Å². The quantitative estimate of drug-likeness (QED) is 0.788. The Morgan fingerprint density at radius 1 is 1.23 bits per heavy atom. The zero-order valence-electron chi connectivity index (χ0n) is 14.2. The number of fused-ring (bicyclic) bond motifs is 1. The molecule has 0 saturated carbocycles. The molecule has 0 bridgehead atoms. The van der Waals surface area contributed by atoms with Gasteiger partial charge in [-0.1, -0.05) is 47.5 Å². The summed E-state index contributed by atoms with van der Waals surface area (Å²) in [4.78, 5) is 14.7. The molecule has 2 atom stereocenters. The first-order valence-electron chi connectivity index (χ1n) is 8.13. The van der Waals surface area contributed by atoms with E-state index in [0.717, 1.165) is 5.69 Å². The molecule has 0 aromatic heterocycles. The lowest BCUT2D eigenvalue weighted by Gasteiger charge is -2.30. The Hall–Kier alpha value is -1.63. The highest BCUT2D eigenvalue weighted by molar-refractivity contribution is 6.35. The highest BCUT2D eigenvalue weighted by Gasteiger charge is 2.51. The number of anilines is 1. The highest BCUT2D eigenvalue weighted by Crippen LogP contribution is 2.45. The van der Waals surface area contributed by atoms with Crippen molar-refractivity contribution in [3.05, 3.63) is 63.6 Å². The molecule has 0 fully saturated rings. The fourth-order valence-electron chi connectivity index (χ4n) is 3.19. The number of amides is 1. The van der Waals surface area contributed by atoms with Crippen molar-refractivity contribution >= 4 is 34.8 Å². The second kappa shape index (κ2) is 7.55. The van der Waals surface area contributed by atoms with Crippen LogP contribution in [0.2, 0.25) is 10.0 Å². The van der Waals surface area contributed by atoms with Crippen LogP contribution in [-0.2, 0) is 21.6 Å². The Balaban J connectivity index is 2.07. The topological polar surface area (TPSA) is 70.0 Å². The molecule has 0 radical (unpaired) electrons.